The first-order valence-corrected chi connectivity index (χ1v) is 6.26. The second-order valence-electron chi connectivity index (χ2n) is 4.34. The fourth-order valence-electron chi connectivity index (χ4n) is 1.71. The summed E-state index contributed by atoms with van der Waals surface area (Å²) in [5.74, 6) is -0.689. The van der Waals surface area contributed by atoms with E-state index in [1.165, 1.54) is 4.90 Å². The van der Waals surface area contributed by atoms with Crippen LogP contribution in [0.15, 0.2) is 0 Å². The summed E-state index contributed by atoms with van der Waals surface area (Å²) in [5, 5.41) is 2.24. The van der Waals surface area contributed by atoms with Crippen LogP contribution in [0.4, 0.5) is 11.9 Å². The van der Waals surface area contributed by atoms with E-state index in [2.05, 4.69) is 20.3 Å². The zero-order valence-corrected chi connectivity index (χ0v) is 11.3. The molecule has 1 unspecified atom stereocenters. The van der Waals surface area contributed by atoms with Crippen LogP contribution in [0.25, 0.3) is 0 Å². The monoisotopic (exact) mass is 280 g/mol. The van der Waals surface area contributed by atoms with E-state index in [1.54, 1.807) is 6.92 Å². The van der Waals surface area contributed by atoms with Crippen molar-refractivity contribution in [2.45, 2.75) is 26.3 Å². The molecule has 1 aliphatic rings. The standard InChI is InChI=1S/C11H16N6O3/c1-3-4-20-11-15-9(12)14-10(16-11)17-5-7(18)13-8(19)6(17)2/h6H,3-5H2,1-2H3,(H,13,18,19)(H2,12,14,15,16). The van der Waals surface area contributed by atoms with Gasteiger partial charge in [0.05, 0.1) is 6.61 Å². The first kappa shape index (κ1) is 14.0. The molecule has 1 fully saturated rings. The Balaban J connectivity index is 2.28. The summed E-state index contributed by atoms with van der Waals surface area (Å²) in [6.07, 6.45) is 0.794. The van der Waals surface area contributed by atoms with Gasteiger partial charge in [0.2, 0.25) is 23.7 Å². The van der Waals surface area contributed by atoms with E-state index in [0.29, 0.717) is 6.61 Å². The molecule has 0 saturated carbocycles. The average molecular weight is 280 g/mol. The predicted molar refractivity (Wildman–Crippen MR) is 70.0 cm³/mol. The Hall–Kier alpha value is -2.45. The van der Waals surface area contributed by atoms with Gasteiger partial charge in [0.25, 0.3) is 0 Å². The van der Waals surface area contributed by atoms with Crippen molar-refractivity contribution < 1.29 is 14.3 Å². The molecule has 3 N–H and O–H groups in total. The van der Waals surface area contributed by atoms with Crippen LogP contribution in [0.3, 0.4) is 0 Å². The maximum absolute atomic E-state index is 11.6. The maximum atomic E-state index is 11.6. The quantitative estimate of drug-likeness (QED) is 0.680. The van der Waals surface area contributed by atoms with E-state index in [0.717, 1.165) is 6.42 Å². The zero-order valence-electron chi connectivity index (χ0n) is 11.3. The summed E-state index contributed by atoms with van der Waals surface area (Å²) in [7, 11) is 0. The van der Waals surface area contributed by atoms with E-state index in [4.69, 9.17) is 10.5 Å². The predicted octanol–water partition coefficient (Wildman–Crippen LogP) is -0.906. The van der Waals surface area contributed by atoms with E-state index in [1.807, 2.05) is 6.92 Å². The Bertz CT molecular complexity index is 535. The van der Waals surface area contributed by atoms with Crippen LogP contribution < -0.4 is 20.7 Å². The molecule has 9 heteroatoms. The molecule has 1 aromatic heterocycles. The van der Waals surface area contributed by atoms with Gasteiger partial charge in [-0.05, 0) is 13.3 Å². The van der Waals surface area contributed by atoms with Crippen molar-refractivity contribution in [3.63, 3.8) is 0 Å². The second kappa shape index (κ2) is 5.68. The van der Waals surface area contributed by atoms with Gasteiger partial charge in [-0.1, -0.05) is 6.92 Å². The lowest BCUT2D eigenvalue weighted by molar-refractivity contribution is -0.132. The highest BCUT2D eigenvalue weighted by Crippen LogP contribution is 2.17. The fraction of sp³-hybridized carbons (Fsp3) is 0.545. The number of carbonyl (C=O) groups excluding carboxylic acids is 2. The van der Waals surface area contributed by atoms with Crippen molar-refractivity contribution in [3.05, 3.63) is 0 Å². The summed E-state index contributed by atoms with van der Waals surface area (Å²) in [6, 6.07) is -0.492. The molecule has 2 heterocycles. The van der Waals surface area contributed by atoms with Crippen molar-refractivity contribution in [2.75, 3.05) is 23.8 Å². The molecule has 2 amide bonds. The Morgan fingerprint density at radius 1 is 1.40 bits per heavy atom. The van der Waals surface area contributed by atoms with Gasteiger partial charge in [0, 0.05) is 0 Å². The number of nitrogens with two attached hydrogens (primary N) is 1. The zero-order chi connectivity index (χ0) is 14.7. The van der Waals surface area contributed by atoms with Crippen LogP contribution in [-0.4, -0.2) is 46.0 Å². The van der Waals surface area contributed by atoms with E-state index in [-0.39, 0.29) is 24.5 Å². The lowest BCUT2D eigenvalue weighted by atomic mass is 10.2. The van der Waals surface area contributed by atoms with Gasteiger partial charge < -0.3 is 15.4 Å². The van der Waals surface area contributed by atoms with E-state index < -0.39 is 17.9 Å². The number of anilines is 2. The van der Waals surface area contributed by atoms with Crippen molar-refractivity contribution in [1.82, 2.24) is 20.3 Å². The highest BCUT2D eigenvalue weighted by molar-refractivity contribution is 6.04. The SMILES string of the molecule is CCCOc1nc(N)nc(N2CC(=O)NC(=O)C2C)n1. The van der Waals surface area contributed by atoms with Crippen LogP contribution in [0, 0.1) is 0 Å². The Morgan fingerprint density at radius 3 is 2.85 bits per heavy atom. The number of piperazine rings is 1. The van der Waals surface area contributed by atoms with Crippen LogP contribution in [0.5, 0.6) is 6.01 Å². The normalized spacial score (nSPS) is 18.9. The van der Waals surface area contributed by atoms with Crippen LogP contribution in [-0.2, 0) is 9.59 Å². The molecule has 20 heavy (non-hydrogen) atoms. The smallest absolute Gasteiger partial charge is 0.323 e. The minimum absolute atomic E-state index is 0.0215. The second-order valence-corrected chi connectivity index (χ2v) is 4.34. The number of aromatic nitrogens is 3. The highest BCUT2D eigenvalue weighted by atomic mass is 16.5. The van der Waals surface area contributed by atoms with Crippen LogP contribution >= 0.6 is 0 Å². The van der Waals surface area contributed by atoms with E-state index in [9.17, 15) is 9.59 Å². The van der Waals surface area contributed by atoms with Crippen LogP contribution in [0.2, 0.25) is 0 Å². The van der Waals surface area contributed by atoms with Gasteiger partial charge in [0.1, 0.15) is 12.6 Å². The number of ether oxygens (including phenoxy) is 1. The summed E-state index contributed by atoms with van der Waals surface area (Å²) in [5.41, 5.74) is 5.60. The molecule has 0 aliphatic carbocycles. The molecule has 9 nitrogen and oxygen atoms in total. The molecule has 0 bridgehead atoms. The van der Waals surface area contributed by atoms with Crippen molar-refractivity contribution >= 4 is 23.7 Å². The van der Waals surface area contributed by atoms with Gasteiger partial charge >= 0.3 is 6.01 Å². The van der Waals surface area contributed by atoms with Gasteiger partial charge in [-0.3, -0.25) is 14.9 Å². The Kier molecular flexibility index (Phi) is 3.97. The molecule has 1 aliphatic heterocycles. The molecule has 1 aromatic rings. The molecule has 0 radical (unpaired) electrons. The van der Waals surface area contributed by atoms with E-state index >= 15 is 0 Å². The van der Waals surface area contributed by atoms with Crippen molar-refractivity contribution in [3.8, 4) is 6.01 Å². The molecule has 108 valence electrons. The molecule has 2 rings (SSSR count). The number of imide groups is 1. The van der Waals surface area contributed by atoms with Gasteiger partial charge in [0.15, 0.2) is 0 Å². The number of nitrogens with zero attached hydrogens (tertiary/aromatic N) is 4. The van der Waals surface area contributed by atoms with Crippen LogP contribution in [0.1, 0.15) is 20.3 Å². The molecule has 0 spiro atoms. The minimum Gasteiger partial charge on any atom is -0.463 e. The number of hydrogen-bond donors (Lipinski definition) is 2. The molecule has 0 aromatic carbocycles. The largest absolute Gasteiger partial charge is 0.463 e. The lowest BCUT2D eigenvalue weighted by Gasteiger charge is -2.31. The number of nitrogen functional groups attached to an aromatic ring is 1. The number of hydrogen-bond acceptors (Lipinski definition) is 8. The highest BCUT2D eigenvalue weighted by Gasteiger charge is 2.32. The number of nitrogens with one attached hydrogen (secondary N) is 1. The first-order chi connectivity index (χ1) is 9.51. The average Bonchev–Trinajstić information content (AvgIpc) is 2.40. The van der Waals surface area contributed by atoms with Crippen molar-refractivity contribution in [1.29, 1.82) is 0 Å². The number of amides is 2. The summed E-state index contributed by atoms with van der Waals surface area (Å²) < 4.78 is 5.30. The third-order valence-corrected chi connectivity index (χ3v) is 2.74. The summed E-state index contributed by atoms with van der Waals surface area (Å²) in [4.78, 5) is 36.4. The minimum atomic E-state index is -0.575. The maximum Gasteiger partial charge on any atom is 0.323 e. The molecular weight excluding hydrogens is 264 g/mol. The molecule has 1 atom stereocenters. The molecule has 1 saturated heterocycles. The topological polar surface area (TPSA) is 123 Å². The Morgan fingerprint density at radius 2 is 2.15 bits per heavy atom. The lowest BCUT2D eigenvalue weighted by Crippen LogP contribution is -2.57. The number of rotatable bonds is 4. The van der Waals surface area contributed by atoms with Crippen molar-refractivity contribution in [2.24, 2.45) is 0 Å². The third-order valence-electron chi connectivity index (χ3n) is 2.74. The van der Waals surface area contributed by atoms with Gasteiger partial charge in [-0.15, -0.1) is 0 Å². The summed E-state index contributed by atoms with van der Waals surface area (Å²) >= 11 is 0. The number of carbonyl (C=O) groups is 2. The summed E-state index contributed by atoms with van der Waals surface area (Å²) in [6.45, 7) is 4.01. The Labute approximate surface area is 115 Å². The fourth-order valence-corrected chi connectivity index (χ4v) is 1.71. The van der Waals surface area contributed by atoms with Gasteiger partial charge in [-0.2, -0.15) is 15.0 Å². The third kappa shape index (κ3) is 2.92. The molecular formula is C11H16N6O3. The van der Waals surface area contributed by atoms with Gasteiger partial charge in [-0.25, -0.2) is 0 Å². The first-order valence-electron chi connectivity index (χ1n) is 6.26.